The second-order valence-corrected chi connectivity index (χ2v) is 7.82. The van der Waals surface area contributed by atoms with Gasteiger partial charge in [0.1, 0.15) is 11.1 Å². The van der Waals surface area contributed by atoms with Crippen molar-refractivity contribution in [1.82, 2.24) is 14.9 Å². The van der Waals surface area contributed by atoms with Gasteiger partial charge in [-0.3, -0.25) is 4.79 Å². The number of hydrogen-bond acceptors (Lipinski definition) is 5. The van der Waals surface area contributed by atoms with Crippen LogP contribution in [0.4, 0.5) is 5.69 Å². The fourth-order valence-corrected chi connectivity index (χ4v) is 4.23. The highest BCUT2D eigenvalue weighted by Crippen LogP contribution is 2.37. The van der Waals surface area contributed by atoms with Crippen molar-refractivity contribution in [1.29, 1.82) is 0 Å². The first-order valence-corrected chi connectivity index (χ1v) is 9.69. The number of thioether (sulfide) groups is 1. The Morgan fingerprint density at radius 3 is 2.59 bits per heavy atom. The highest BCUT2D eigenvalue weighted by atomic mass is 32.2. The summed E-state index contributed by atoms with van der Waals surface area (Å²) in [7, 11) is 0. The van der Waals surface area contributed by atoms with Crippen molar-refractivity contribution in [2.24, 2.45) is 0 Å². The first-order valence-electron chi connectivity index (χ1n) is 8.81. The van der Waals surface area contributed by atoms with E-state index in [2.05, 4.69) is 27.9 Å². The van der Waals surface area contributed by atoms with E-state index >= 15 is 0 Å². The topological polar surface area (TPSA) is 71.8 Å². The smallest absolute Gasteiger partial charge is 0.240 e. The van der Waals surface area contributed by atoms with Gasteiger partial charge in [-0.25, -0.2) is 4.68 Å². The normalized spacial score (nSPS) is 18.5. The molecular formula is C20H21N5OS. The van der Waals surface area contributed by atoms with E-state index < -0.39 is 0 Å². The lowest BCUT2D eigenvalue weighted by Gasteiger charge is -2.32. The van der Waals surface area contributed by atoms with Crippen LogP contribution in [0, 0.1) is 20.8 Å². The summed E-state index contributed by atoms with van der Waals surface area (Å²) in [6.45, 7) is 5.99. The average Bonchev–Trinajstić information content (AvgIpc) is 3.04. The van der Waals surface area contributed by atoms with Crippen LogP contribution in [0.15, 0.2) is 53.7 Å². The van der Waals surface area contributed by atoms with Crippen molar-refractivity contribution in [2.45, 2.75) is 37.2 Å². The lowest BCUT2D eigenvalue weighted by molar-refractivity contribution is -0.116. The zero-order chi connectivity index (χ0) is 19.0. The number of carbonyl (C=O) groups excluding carboxylic acids is 1. The molecule has 2 heterocycles. The molecule has 0 bridgehead atoms. The minimum absolute atomic E-state index is 0.0588. The molecule has 2 N–H and O–H groups in total. The predicted octanol–water partition coefficient (Wildman–Crippen LogP) is 3.60. The van der Waals surface area contributed by atoms with Crippen molar-refractivity contribution < 1.29 is 4.79 Å². The van der Waals surface area contributed by atoms with E-state index in [1.165, 1.54) is 17.3 Å². The number of nitrogens with one attached hydrogen (secondary N) is 2. The highest BCUT2D eigenvalue weighted by molar-refractivity contribution is 8.00. The van der Waals surface area contributed by atoms with Crippen molar-refractivity contribution in [2.75, 3.05) is 10.7 Å². The molecule has 0 saturated carbocycles. The van der Waals surface area contributed by atoms with Gasteiger partial charge in [0.25, 0.3) is 0 Å². The van der Waals surface area contributed by atoms with Crippen molar-refractivity contribution in [3.05, 3.63) is 71.0 Å². The first kappa shape index (κ1) is 17.6. The van der Waals surface area contributed by atoms with Crippen molar-refractivity contribution >= 4 is 23.4 Å². The Labute approximate surface area is 162 Å². The van der Waals surface area contributed by atoms with Crippen molar-refractivity contribution in [3.63, 3.8) is 0 Å². The summed E-state index contributed by atoms with van der Waals surface area (Å²) in [6, 6.07) is 15.8. The second-order valence-electron chi connectivity index (χ2n) is 6.71. The molecule has 1 amide bonds. The standard InChI is InChI=1S/C20H21N5OS/c1-12-9-10-16(11-13(12)2)21-19(26)18-17(15-7-5-4-6-8-15)24-25-14(3)22-23-20(25)27-18/h4-11,17-18,24H,1-3H3,(H,21,26). The number of hydrogen-bond donors (Lipinski definition) is 2. The van der Waals surface area contributed by atoms with Crippen LogP contribution >= 0.6 is 11.8 Å². The molecule has 0 fully saturated rings. The Morgan fingerprint density at radius 2 is 1.85 bits per heavy atom. The van der Waals surface area contributed by atoms with E-state index in [0.29, 0.717) is 5.16 Å². The monoisotopic (exact) mass is 379 g/mol. The number of anilines is 1. The van der Waals surface area contributed by atoms with Gasteiger partial charge in [0, 0.05) is 5.69 Å². The van der Waals surface area contributed by atoms with Crippen LogP contribution in [0.5, 0.6) is 0 Å². The van der Waals surface area contributed by atoms with Gasteiger partial charge in [0.2, 0.25) is 11.1 Å². The van der Waals surface area contributed by atoms with Gasteiger partial charge in [-0.1, -0.05) is 48.2 Å². The molecule has 2 atom stereocenters. The average molecular weight is 379 g/mol. The molecule has 1 aliphatic rings. The first-order chi connectivity index (χ1) is 13.0. The van der Waals surface area contributed by atoms with Gasteiger partial charge in [0.15, 0.2) is 0 Å². The molecule has 0 saturated heterocycles. The molecule has 7 heteroatoms. The van der Waals surface area contributed by atoms with Crippen LogP contribution in [0.2, 0.25) is 0 Å². The Kier molecular flexibility index (Phi) is 4.61. The molecule has 0 radical (unpaired) electrons. The van der Waals surface area contributed by atoms with Gasteiger partial charge < -0.3 is 10.7 Å². The third-order valence-electron chi connectivity index (χ3n) is 4.79. The molecule has 27 heavy (non-hydrogen) atoms. The number of fused-ring (bicyclic) bond motifs is 1. The van der Waals surface area contributed by atoms with Crippen LogP contribution < -0.4 is 10.7 Å². The Bertz CT molecular complexity index is 985. The summed E-state index contributed by atoms with van der Waals surface area (Å²) < 4.78 is 1.85. The SMILES string of the molecule is Cc1ccc(NC(=O)C2Sc3nnc(C)n3NC2c2ccccc2)cc1C. The van der Waals surface area contributed by atoms with E-state index in [4.69, 9.17) is 0 Å². The van der Waals surface area contributed by atoms with Crippen LogP contribution in [-0.4, -0.2) is 26.0 Å². The number of aromatic nitrogens is 3. The minimum atomic E-state index is -0.370. The zero-order valence-corrected chi connectivity index (χ0v) is 16.2. The third kappa shape index (κ3) is 3.42. The van der Waals surface area contributed by atoms with Crippen molar-refractivity contribution in [3.8, 4) is 0 Å². The van der Waals surface area contributed by atoms with E-state index in [-0.39, 0.29) is 17.2 Å². The van der Waals surface area contributed by atoms with Gasteiger partial charge in [-0.2, -0.15) is 0 Å². The Balaban J connectivity index is 1.65. The fourth-order valence-electron chi connectivity index (χ4n) is 3.10. The number of aryl methyl sites for hydroxylation is 3. The molecule has 1 aromatic heterocycles. The molecule has 6 nitrogen and oxygen atoms in total. The lowest BCUT2D eigenvalue weighted by atomic mass is 10.0. The zero-order valence-electron chi connectivity index (χ0n) is 15.4. The van der Waals surface area contributed by atoms with Crippen LogP contribution in [0.1, 0.15) is 28.6 Å². The molecule has 138 valence electrons. The van der Waals surface area contributed by atoms with Crippen LogP contribution in [0.3, 0.4) is 0 Å². The van der Waals surface area contributed by atoms with Gasteiger partial charge in [0.05, 0.1) is 6.04 Å². The maximum atomic E-state index is 13.1. The van der Waals surface area contributed by atoms with Crippen LogP contribution in [-0.2, 0) is 4.79 Å². The maximum Gasteiger partial charge on any atom is 0.240 e. The maximum absolute atomic E-state index is 13.1. The second kappa shape index (κ2) is 7.08. The number of nitrogens with zero attached hydrogens (tertiary/aromatic N) is 3. The fraction of sp³-hybridized carbons (Fsp3) is 0.250. The van der Waals surface area contributed by atoms with Gasteiger partial charge >= 0.3 is 0 Å². The summed E-state index contributed by atoms with van der Waals surface area (Å²) in [6.07, 6.45) is 0. The van der Waals surface area contributed by atoms with Gasteiger partial charge in [-0.05, 0) is 49.6 Å². The number of rotatable bonds is 3. The number of benzene rings is 2. The largest absolute Gasteiger partial charge is 0.325 e. The minimum Gasteiger partial charge on any atom is -0.325 e. The number of amides is 1. The van der Waals surface area contributed by atoms with E-state index in [1.54, 1.807) is 0 Å². The Morgan fingerprint density at radius 1 is 1.07 bits per heavy atom. The molecule has 3 aromatic rings. The summed E-state index contributed by atoms with van der Waals surface area (Å²) >= 11 is 1.43. The van der Waals surface area contributed by atoms with E-state index in [1.807, 2.05) is 67.1 Å². The predicted molar refractivity (Wildman–Crippen MR) is 107 cm³/mol. The molecule has 1 aliphatic heterocycles. The number of carbonyl (C=O) groups is 1. The lowest BCUT2D eigenvalue weighted by Crippen LogP contribution is -2.41. The highest BCUT2D eigenvalue weighted by Gasteiger charge is 2.37. The molecule has 2 unspecified atom stereocenters. The molecule has 4 rings (SSSR count). The molecular weight excluding hydrogens is 358 g/mol. The summed E-state index contributed by atoms with van der Waals surface area (Å²) in [4.78, 5) is 13.1. The Hall–Kier alpha value is -2.80. The summed E-state index contributed by atoms with van der Waals surface area (Å²) in [5, 5.41) is 11.7. The van der Waals surface area contributed by atoms with Gasteiger partial charge in [-0.15, -0.1) is 10.2 Å². The van der Waals surface area contributed by atoms with Crippen LogP contribution in [0.25, 0.3) is 0 Å². The van der Waals surface area contributed by atoms with E-state index in [9.17, 15) is 4.79 Å². The molecule has 0 aliphatic carbocycles. The third-order valence-corrected chi connectivity index (χ3v) is 6.01. The molecule has 0 spiro atoms. The quantitative estimate of drug-likeness (QED) is 0.727. The van der Waals surface area contributed by atoms with E-state index in [0.717, 1.165) is 22.6 Å². The molecule has 2 aromatic carbocycles. The summed E-state index contributed by atoms with van der Waals surface area (Å²) in [5.74, 6) is 0.711. The summed E-state index contributed by atoms with van der Waals surface area (Å²) in [5.41, 5.74) is 7.61.